The molecule has 6 rings (SSSR count). The molecule has 0 N–H and O–H groups in total. The minimum absolute atomic E-state index is 0.798. The van der Waals surface area contributed by atoms with E-state index in [9.17, 15) is 0 Å². The lowest BCUT2D eigenvalue weighted by Crippen LogP contribution is -2.47. The third kappa shape index (κ3) is 3.68. The SMILES string of the molecule is Clc1ccccc1N1CCN(c2ncnc3c2c(-c2ccccc2)cn3-c2ccccc2)CC1. The van der Waals surface area contributed by atoms with E-state index in [4.69, 9.17) is 21.6 Å². The number of halogens is 1. The Morgan fingerprint density at radius 2 is 1.32 bits per heavy atom. The van der Waals surface area contributed by atoms with Gasteiger partial charge in [-0.15, -0.1) is 0 Å². The van der Waals surface area contributed by atoms with Gasteiger partial charge in [0.1, 0.15) is 12.1 Å². The van der Waals surface area contributed by atoms with Gasteiger partial charge in [0.15, 0.2) is 5.65 Å². The summed E-state index contributed by atoms with van der Waals surface area (Å²) >= 11 is 6.46. The molecule has 0 saturated carbocycles. The van der Waals surface area contributed by atoms with Crippen LogP contribution in [0.25, 0.3) is 27.8 Å². The second-order valence-electron chi connectivity index (χ2n) is 8.44. The van der Waals surface area contributed by atoms with Crippen molar-refractivity contribution in [2.75, 3.05) is 36.0 Å². The molecule has 34 heavy (non-hydrogen) atoms. The summed E-state index contributed by atoms with van der Waals surface area (Å²) in [6.07, 6.45) is 3.87. The van der Waals surface area contributed by atoms with E-state index in [1.807, 2.05) is 30.3 Å². The van der Waals surface area contributed by atoms with Crippen LogP contribution in [0.5, 0.6) is 0 Å². The fraction of sp³-hybridized carbons (Fsp3) is 0.143. The summed E-state index contributed by atoms with van der Waals surface area (Å²) in [7, 11) is 0. The number of nitrogens with zero attached hydrogens (tertiary/aromatic N) is 5. The highest BCUT2D eigenvalue weighted by atomic mass is 35.5. The highest BCUT2D eigenvalue weighted by Gasteiger charge is 2.24. The highest BCUT2D eigenvalue weighted by Crippen LogP contribution is 2.37. The van der Waals surface area contributed by atoms with E-state index < -0.39 is 0 Å². The Kier molecular flexibility index (Phi) is 5.40. The van der Waals surface area contributed by atoms with Crippen LogP contribution in [0.3, 0.4) is 0 Å². The van der Waals surface area contributed by atoms with Crippen molar-refractivity contribution < 1.29 is 0 Å². The molecule has 0 bridgehead atoms. The van der Waals surface area contributed by atoms with E-state index in [1.165, 1.54) is 0 Å². The summed E-state index contributed by atoms with van der Waals surface area (Å²) in [6, 6.07) is 28.9. The molecule has 1 aliphatic heterocycles. The second-order valence-corrected chi connectivity index (χ2v) is 8.84. The summed E-state index contributed by atoms with van der Waals surface area (Å²) in [5.41, 5.74) is 5.40. The van der Waals surface area contributed by atoms with Gasteiger partial charge in [-0.1, -0.05) is 72.3 Å². The van der Waals surface area contributed by atoms with E-state index in [1.54, 1.807) is 6.33 Å². The standard InChI is InChI=1S/C28H24ClN5/c29-24-13-7-8-14-25(24)32-15-17-33(18-16-32)27-26-23(21-9-3-1-4-10-21)19-34(28(26)31-20-30-27)22-11-5-2-6-12-22/h1-14,19-20H,15-18H2. The number of para-hydroxylation sites is 2. The highest BCUT2D eigenvalue weighted by molar-refractivity contribution is 6.33. The predicted octanol–water partition coefficient (Wildman–Crippen LogP) is 6.07. The van der Waals surface area contributed by atoms with E-state index >= 15 is 0 Å². The molecule has 1 fully saturated rings. The predicted molar refractivity (Wildman–Crippen MR) is 140 cm³/mol. The van der Waals surface area contributed by atoms with Gasteiger partial charge in [0.2, 0.25) is 0 Å². The molecule has 0 amide bonds. The van der Waals surface area contributed by atoms with Crippen LogP contribution in [0, 0.1) is 0 Å². The van der Waals surface area contributed by atoms with Crippen molar-refractivity contribution in [2.24, 2.45) is 0 Å². The van der Waals surface area contributed by atoms with Gasteiger partial charge in [-0.2, -0.15) is 0 Å². The van der Waals surface area contributed by atoms with Crippen molar-refractivity contribution in [1.82, 2.24) is 14.5 Å². The summed E-state index contributed by atoms with van der Waals surface area (Å²) < 4.78 is 2.17. The summed E-state index contributed by atoms with van der Waals surface area (Å²) in [5, 5.41) is 1.88. The van der Waals surface area contributed by atoms with Gasteiger partial charge in [0, 0.05) is 43.6 Å². The zero-order valence-corrected chi connectivity index (χ0v) is 19.4. The van der Waals surface area contributed by atoms with Crippen LogP contribution < -0.4 is 9.80 Å². The lowest BCUT2D eigenvalue weighted by atomic mass is 10.1. The Balaban J connectivity index is 1.42. The lowest BCUT2D eigenvalue weighted by molar-refractivity contribution is 0.649. The Morgan fingerprint density at radius 3 is 2.06 bits per heavy atom. The van der Waals surface area contributed by atoms with Crippen molar-refractivity contribution in [3.05, 3.63) is 102 Å². The van der Waals surface area contributed by atoms with Crippen molar-refractivity contribution in [3.8, 4) is 16.8 Å². The Bertz CT molecular complexity index is 1420. The lowest BCUT2D eigenvalue weighted by Gasteiger charge is -2.37. The molecule has 0 spiro atoms. The van der Waals surface area contributed by atoms with E-state index in [0.29, 0.717) is 0 Å². The van der Waals surface area contributed by atoms with Gasteiger partial charge in [0.05, 0.1) is 16.1 Å². The quantitative estimate of drug-likeness (QED) is 0.323. The largest absolute Gasteiger partial charge is 0.367 e. The number of anilines is 2. The summed E-state index contributed by atoms with van der Waals surface area (Å²) in [5.74, 6) is 0.984. The Morgan fingerprint density at radius 1 is 0.676 bits per heavy atom. The molecule has 3 heterocycles. The maximum absolute atomic E-state index is 6.46. The van der Waals surface area contributed by atoms with Crippen LogP contribution in [0.1, 0.15) is 0 Å². The number of benzene rings is 3. The maximum atomic E-state index is 6.46. The molecule has 1 saturated heterocycles. The fourth-order valence-corrected chi connectivity index (χ4v) is 5.03. The molecule has 1 aliphatic rings. The number of rotatable bonds is 4. The van der Waals surface area contributed by atoms with Gasteiger partial charge in [0.25, 0.3) is 0 Å². The molecule has 2 aromatic heterocycles. The van der Waals surface area contributed by atoms with E-state index in [2.05, 4.69) is 75.2 Å². The smallest absolute Gasteiger partial charge is 0.150 e. The van der Waals surface area contributed by atoms with Crippen molar-refractivity contribution in [3.63, 3.8) is 0 Å². The molecule has 0 atom stereocenters. The number of hydrogen-bond donors (Lipinski definition) is 0. The van der Waals surface area contributed by atoms with Gasteiger partial charge in [-0.05, 0) is 29.8 Å². The maximum Gasteiger partial charge on any atom is 0.150 e. The minimum atomic E-state index is 0.798. The van der Waals surface area contributed by atoms with Gasteiger partial charge < -0.3 is 14.4 Å². The number of aromatic nitrogens is 3. The zero-order valence-electron chi connectivity index (χ0n) is 18.7. The van der Waals surface area contributed by atoms with E-state index in [0.717, 1.165) is 70.6 Å². The van der Waals surface area contributed by atoms with Crippen molar-refractivity contribution >= 4 is 34.1 Å². The third-order valence-electron chi connectivity index (χ3n) is 6.45. The average molecular weight is 466 g/mol. The van der Waals surface area contributed by atoms with Gasteiger partial charge >= 0.3 is 0 Å². The van der Waals surface area contributed by atoms with Gasteiger partial charge in [-0.25, -0.2) is 9.97 Å². The number of hydrogen-bond acceptors (Lipinski definition) is 4. The summed E-state index contributed by atoms with van der Waals surface area (Å²) in [4.78, 5) is 14.3. The fourth-order valence-electron chi connectivity index (χ4n) is 4.77. The first-order valence-electron chi connectivity index (χ1n) is 11.5. The van der Waals surface area contributed by atoms with Gasteiger partial charge in [-0.3, -0.25) is 0 Å². The molecule has 168 valence electrons. The van der Waals surface area contributed by atoms with Crippen LogP contribution in [0.4, 0.5) is 11.5 Å². The van der Waals surface area contributed by atoms with Crippen LogP contribution in [0.2, 0.25) is 5.02 Å². The third-order valence-corrected chi connectivity index (χ3v) is 6.77. The minimum Gasteiger partial charge on any atom is -0.367 e. The monoisotopic (exact) mass is 465 g/mol. The Labute approximate surface area is 203 Å². The molecule has 0 unspecified atom stereocenters. The van der Waals surface area contributed by atoms with Crippen LogP contribution in [0.15, 0.2) is 97.5 Å². The topological polar surface area (TPSA) is 37.2 Å². The van der Waals surface area contributed by atoms with Crippen molar-refractivity contribution in [2.45, 2.75) is 0 Å². The molecule has 5 aromatic rings. The Hall–Kier alpha value is -3.83. The zero-order chi connectivity index (χ0) is 22.9. The normalized spacial score (nSPS) is 14.0. The average Bonchev–Trinajstić information content (AvgIpc) is 3.30. The first-order chi connectivity index (χ1) is 16.8. The van der Waals surface area contributed by atoms with E-state index in [-0.39, 0.29) is 0 Å². The van der Waals surface area contributed by atoms with Crippen LogP contribution in [-0.2, 0) is 0 Å². The molecule has 5 nitrogen and oxygen atoms in total. The second kappa shape index (κ2) is 8.84. The number of piperazine rings is 1. The number of fused-ring (bicyclic) bond motifs is 1. The first-order valence-corrected chi connectivity index (χ1v) is 11.9. The molecule has 6 heteroatoms. The van der Waals surface area contributed by atoms with Crippen LogP contribution in [-0.4, -0.2) is 40.7 Å². The first kappa shape index (κ1) is 20.8. The summed E-state index contributed by atoms with van der Waals surface area (Å²) in [6.45, 7) is 3.49. The molecular formula is C28H24ClN5. The molecule has 0 aliphatic carbocycles. The molecule has 0 radical (unpaired) electrons. The van der Waals surface area contributed by atoms with Crippen molar-refractivity contribution in [1.29, 1.82) is 0 Å². The molecule has 3 aromatic carbocycles. The molecular weight excluding hydrogens is 442 g/mol. The van der Waals surface area contributed by atoms with Crippen LogP contribution >= 0.6 is 11.6 Å².